The van der Waals surface area contributed by atoms with Crippen LogP contribution in [0.2, 0.25) is 0 Å². The summed E-state index contributed by atoms with van der Waals surface area (Å²) >= 11 is 0. The molecule has 0 aliphatic heterocycles. The van der Waals surface area contributed by atoms with E-state index in [2.05, 4.69) is 6.92 Å². The van der Waals surface area contributed by atoms with Crippen LogP contribution >= 0.6 is 0 Å². The predicted molar refractivity (Wildman–Crippen MR) is 99.6 cm³/mol. The Morgan fingerprint density at radius 3 is 1.68 bits per heavy atom. The number of unbranched alkanes of at least 4 members (excludes halogenated alkanes) is 12. The molecule has 0 bridgehead atoms. The maximum absolute atomic E-state index is 11.9. The molecule has 0 radical (unpaired) electrons. The molecule has 5 heteroatoms. The summed E-state index contributed by atoms with van der Waals surface area (Å²) in [6.07, 6.45) is 16.5. The highest BCUT2D eigenvalue weighted by Crippen LogP contribution is 2.27. The second-order valence-electron chi connectivity index (χ2n) is 6.97. The van der Waals surface area contributed by atoms with E-state index in [0.717, 1.165) is 25.3 Å². The highest BCUT2D eigenvalue weighted by molar-refractivity contribution is 5.98. The van der Waals surface area contributed by atoms with Crippen molar-refractivity contribution in [2.75, 3.05) is 0 Å². The summed E-state index contributed by atoms with van der Waals surface area (Å²) in [6, 6.07) is 1.10. The van der Waals surface area contributed by atoms with Gasteiger partial charge in [-0.05, 0) is 6.42 Å². The van der Waals surface area contributed by atoms with Gasteiger partial charge >= 0.3 is 0 Å². The molecule has 25 heavy (non-hydrogen) atoms. The van der Waals surface area contributed by atoms with Crippen LogP contribution in [0.5, 0.6) is 11.8 Å². The molecule has 1 aromatic rings. The summed E-state index contributed by atoms with van der Waals surface area (Å²) in [5.74, 6) is -1.35. The largest absolute Gasteiger partial charge is 0.492 e. The fourth-order valence-electron chi connectivity index (χ4n) is 3.12. The number of aromatic nitrogens is 1. The highest BCUT2D eigenvalue weighted by Gasteiger charge is 2.18. The molecule has 3 N–H and O–H groups in total. The number of carbonyl (C=O) groups excluding carboxylic acids is 1. The molecule has 0 saturated carbocycles. The number of nitrogens with zero attached hydrogens (tertiary/aromatic N) is 1. The lowest BCUT2D eigenvalue weighted by Crippen LogP contribution is -1.98. The van der Waals surface area contributed by atoms with Crippen molar-refractivity contribution >= 4 is 5.78 Å². The third kappa shape index (κ3) is 8.32. The number of carbonyl (C=O) groups is 1. The Labute approximate surface area is 151 Å². The first-order valence-corrected chi connectivity index (χ1v) is 9.94. The first-order chi connectivity index (χ1) is 12.1. The minimum atomic E-state index is -0.586. The van der Waals surface area contributed by atoms with Crippen molar-refractivity contribution in [1.82, 2.24) is 4.73 Å². The molecule has 1 rings (SSSR count). The molecule has 1 aromatic heterocycles. The van der Waals surface area contributed by atoms with E-state index in [-0.39, 0.29) is 16.1 Å². The molecule has 0 amide bonds. The molecule has 0 saturated heterocycles. The van der Waals surface area contributed by atoms with Gasteiger partial charge in [0.25, 0.3) is 0 Å². The Kier molecular flexibility index (Phi) is 10.8. The van der Waals surface area contributed by atoms with Crippen LogP contribution in [0.4, 0.5) is 0 Å². The van der Waals surface area contributed by atoms with Gasteiger partial charge in [0.05, 0.1) is 5.56 Å². The van der Waals surface area contributed by atoms with E-state index in [1.165, 1.54) is 64.2 Å². The van der Waals surface area contributed by atoms with Crippen LogP contribution in [-0.2, 0) is 0 Å². The first-order valence-electron chi connectivity index (χ1n) is 9.94. The minimum Gasteiger partial charge on any atom is -0.492 e. The van der Waals surface area contributed by atoms with Gasteiger partial charge in [0.15, 0.2) is 5.78 Å². The second-order valence-corrected chi connectivity index (χ2v) is 6.97. The van der Waals surface area contributed by atoms with Crippen LogP contribution in [0.25, 0.3) is 0 Å². The fraction of sp³-hybridized carbons (Fsp3) is 0.750. The molecular formula is C20H35NO4. The predicted octanol–water partition coefficient (Wildman–Crippen LogP) is 5.80. The Balaban J connectivity index is 1.95. The molecule has 0 atom stereocenters. The van der Waals surface area contributed by atoms with Crippen LogP contribution in [0.15, 0.2) is 6.07 Å². The summed E-state index contributed by atoms with van der Waals surface area (Å²) in [5.41, 5.74) is -0.0149. The molecule has 144 valence electrons. The number of hydrogen-bond donors (Lipinski definition) is 3. The molecule has 1 heterocycles. The van der Waals surface area contributed by atoms with Crippen molar-refractivity contribution in [2.45, 2.75) is 96.8 Å². The summed E-state index contributed by atoms with van der Waals surface area (Å²) in [6.45, 7) is 2.25. The fourth-order valence-corrected chi connectivity index (χ4v) is 3.12. The van der Waals surface area contributed by atoms with Gasteiger partial charge in [-0.2, -0.15) is 0 Å². The zero-order chi connectivity index (χ0) is 18.5. The van der Waals surface area contributed by atoms with Gasteiger partial charge in [-0.1, -0.05) is 84.0 Å². The maximum atomic E-state index is 11.9. The molecule has 0 aliphatic carbocycles. The van der Waals surface area contributed by atoms with Crippen LogP contribution in [-0.4, -0.2) is 25.9 Å². The average Bonchev–Trinajstić information content (AvgIpc) is 2.86. The van der Waals surface area contributed by atoms with Gasteiger partial charge in [0.2, 0.25) is 11.8 Å². The maximum Gasteiger partial charge on any atom is 0.240 e. The quantitative estimate of drug-likeness (QED) is 0.211. The van der Waals surface area contributed by atoms with Crippen molar-refractivity contribution in [3.63, 3.8) is 0 Å². The first kappa shape index (κ1) is 21.4. The van der Waals surface area contributed by atoms with Crippen LogP contribution in [0.1, 0.15) is 107 Å². The molecule has 0 aliphatic rings. The number of hydrogen-bond acceptors (Lipinski definition) is 4. The van der Waals surface area contributed by atoms with Crippen molar-refractivity contribution in [3.05, 3.63) is 11.6 Å². The van der Waals surface area contributed by atoms with E-state index in [1.54, 1.807) is 0 Å². The van der Waals surface area contributed by atoms with Gasteiger partial charge in [0, 0.05) is 12.5 Å². The van der Waals surface area contributed by atoms with Crippen molar-refractivity contribution in [3.8, 4) is 11.8 Å². The second kappa shape index (κ2) is 12.7. The molecule has 0 spiro atoms. The molecule has 0 aromatic carbocycles. The van der Waals surface area contributed by atoms with E-state index >= 15 is 0 Å². The molecule has 0 unspecified atom stereocenters. The van der Waals surface area contributed by atoms with E-state index < -0.39 is 11.8 Å². The Bertz CT molecular complexity index is 496. The summed E-state index contributed by atoms with van der Waals surface area (Å²) < 4.78 is 0.219. The van der Waals surface area contributed by atoms with Crippen LogP contribution < -0.4 is 0 Å². The summed E-state index contributed by atoms with van der Waals surface area (Å²) in [5, 5.41) is 28.0. The number of ketones is 1. The Morgan fingerprint density at radius 1 is 0.840 bits per heavy atom. The zero-order valence-electron chi connectivity index (χ0n) is 15.7. The third-order valence-corrected chi connectivity index (χ3v) is 4.74. The smallest absolute Gasteiger partial charge is 0.240 e. The Morgan fingerprint density at radius 2 is 1.28 bits per heavy atom. The van der Waals surface area contributed by atoms with Gasteiger partial charge in [-0.15, -0.1) is 4.73 Å². The number of aromatic hydroxyl groups is 2. The Hall–Kier alpha value is -1.65. The van der Waals surface area contributed by atoms with E-state index in [4.69, 9.17) is 0 Å². The van der Waals surface area contributed by atoms with Crippen molar-refractivity contribution in [1.29, 1.82) is 0 Å². The highest BCUT2D eigenvalue weighted by atomic mass is 16.5. The lowest BCUT2D eigenvalue weighted by Gasteiger charge is -2.03. The van der Waals surface area contributed by atoms with E-state index in [1.807, 2.05) is 0 Å². The number of rotatable bonds is 15. The van der Waals surface area contributed by atoms with Crippen molar-refractivity contribution in [2.24, 2.45) is 0 Å². The standard InChI is InChI=1S/C20H35NO4/c1-2-3-4-5-6-7-8-9-10-11-12-13-14-15-18(22)17-16-19(23)21(25)20(17)24/h16,23-25H,2-15H2,1H3. The topological polar surface area (TPSA) is 82.7 Å². The van der Waals surface area contributed by atoms with E-state index in [9.17, 15) is 20.2 Å². The SMILES string of the molecule is CCCCCCCCCCCCCCCC(=O)c1cc(O)n(O)c1O. The number of Topliss-reactive ketones (excluding diaryl/α,β-unsaturated/α-hetero) is 1. The average molecular weight is 354 g/mol. The molecule has 0 fully saturated rings. The van der Waals surface area contributed by atoms with Gasteiger partial charge < -0.3 is 15.4 Å². The zero-order valence-corrected chi connectivity index (χ0v) is 15.7. The normalized spacial score (nSPS) is 11.1. The summed E-state index contributed by atoms with van der Waals surface area (Å²) in [4.78, 5) is 11.9. The van der Waals surface area contributed by atoms with Gasteiger partial charge in [-0.25, -0.2) is 0 Å². The molecule has 5 nitrogen and oxygen atoms in total. The molecular weight excluding hydrogens is 318 g/mol. The van der Waals surface area contributed by atoms with Gasteiger partial charge in [-0.3, -0.25) is 4.79 Å². The third-order valence-electron chi connectivity index (χ3n) is 4.74. The minimum absolute atomic E-state index is 0.0149. The monoisotopic (exact) mass is 353 g/mol. The van der Waals surface area contributed by atoms with E-state index in [0.29, 0.717) is 6.42 Å². The summed E-state index contributed by atoms with van der Waals surface area (Å²) in [7, 11) is 0. The van der Waals surface area contributed by atoms with Crippen LogP contribution in [0.3, 0.4) is 0 Å². The lowest BCUT2D eigenvalue weighted by atomic mass is 10.0. The van der Waals surface area contributed by atoms with Crippen LogP contribution in [0, 0.1) is 0 Å². The lowest BCUT2D eigenvalue weighted by molar-refractivity contribution is 0.0966. The van der Waals surface area contributed by atoms with Gasteiger partial charge in [0.1, 0.15) is 0 Å². The van der Waals surface area contributed by atoms with Crippen molar-refractivity contribution < 1.29 is 20.2 Å².